The second kappa shape index (κ2) is 13.5. The predicted octanol–water partition coefficient (Wildman–Crippen LogP) is 9.52. The highest BCUT2D eigenvalue weighted by Crippen LogP contribution is 2.30. The van der Waals surface area contributed by atoms with Gasteiger partial charge in [0.1, 0.15) is 0 Å². The minimum Gasteiger partial charge on any atom is -0.240 e. The first-order valence-electron chi connectivity index (χ1n) is 15.5. The van der Waals surface area contributed by atoms with E-state index in [2.05, 4.69) is 12.1 Å². The lowest BCUT2D eigenvalue weighted by molar-refractivity contribution is 0.884. The molecule has 226 valence electrons. The Morgan fingerprint density at radius 1 is 0.458 bits per heavy atom. The Morgan fingerprint density at radius 3 is 1.12 bits per heavy atom. The maximum atomic E-state index is 10.3. The Balaban J connectivity index is 1.24. The summed E-state index contributed by atoms with van der Waals surface area (Å²) in [6.07, 6.45) is 7.63. The van der Waals surface area contributed by atoms with Gasteiger partial charge in [-0.25, -0.2) is 9.36 Å². The smallest absolute Gasteiger partial charge is 0.1000 e. The van der Waals surface area contributed by atoms with Gasteiger partial charge in [-0.05, 0) is 47.5 Å². The molecule has 7 rings (SSSR count). The van der Waals surface area contributed by atoms with Gasteiger partial charge in [0.15, 0.2) is 0 Å². The van der Waals surface area contributed by atoms with Gasteiger partial charge in [0.05, 0.1) is 46.0 Å². The van der Waals surface area contributed by atoms with Crippen LogP contribution in [-0.2, 0) is 0 Å². The average molecular weight is 617 g/mol. The molecular formula is C42H28N6. The molecule has 48 heavy (non-hydrogen) atoms. The quantitative estimate of drug-likeness (QED) is 0.159. The van der Waals surface area contributed by atoms with Crippen molar-refractivity contribution in [2.24, 2.45) is 0 Å². The molecule has 0 saturated heterocycles. The molecule has 0 spiro atoms. The molecular weight excluding hydrogens is 589 g/mol. The highest BCUT2D eigenvalue weighted by molar-refractivity contribution is 5.95. The minimum atomic E-state index is 0.490. The number of para-hydroxylation sites is 2. The van der Waals surface area contributed by atoms with Crippen LogP contribution >= 0.6 is 0 Å². The summed E-state index contributed by atoms with van der Waals surface area (Å²) >= 11 is 0. The van der Waals surface area contributed by atoms with E-state index in [-0.39, 0.29) is 0 Å². The fraction of sp³-hybridized carbons (Fsp3) is 0. The Hall–Kier alpha value is -7.02. The molecule has 2 heterocycles. The van der Waals surface area contributed by atoms with E-state index in [4.69, 9.17) is 10.2 Å². The van der Waals surface area contributed by atoms with Crippen molar-refractivity contribution in [2.45, 2.75) is 0 Å². The van der Waals surface area contributed by atoms with Crippen LogP contribution in [0.2, 0.25) is 0 Å². The molecule has 0 N–H and O–H groups in total. The van der Waals surface area contributed by atoms with Crippen LogP contribution < -0.4 is 0 Å². The first-order valence-corrected chi connectivity index (χ1v) is 15.5. The third-order valence-corrected chi connectivity index (χ3v) is 7.97. The number of rotatable bonds is 8. The zero-order valence-corrected chi connectivity index (χ0v) is 25.8. The van der Waals surface area contributed by atoms with Crippen molar-refractivity contribution in [3.63, 3.8) is 0 Å². The molecule has 7 aromatic rings. The van der Waals surface area contributed by atoms with E-state index in [0.717, 1.165) is 56.1 Å². The van der Waals surface area contributed by atoms with Crippen LogP contribution in [0, 0.1) is 22.7 Å². The van der Waals surface area contributed by atoms with E-state index in [1.165, 1.54) is 0 Å². The van der Waals surface area contributed by atoms with Crippen molar-refractivity contribution >= 4 is 23.3 Å². The second-order valence-electron chi connectivity index (χ2n) is 11.1. The van der Waals surface area contributed by atoms with Crippen molar-refractivity contribution in [3.05, 3.63) is 180 Å². The SMILES string of the molecule is N#C/C(=C\c1cn(-c2ccccc2)nc1-c1ccccc1)c1ccc(/C(C#N)=C\c2cn(-c3ccccc3)nc2-c2ccccc2)cc1. The van der Waals surface area contributed by atoms with Crippen LogP contribution in [0.3, 0.4) is 0 Å². The number of nitriles is 2. The summed E-state index contributed by atoms with van der Waals surface area (Å²) in [7, 11) is 0. The number of nitrogens with zero attached hydrogens (tertiary/aromatic N) is 6. The molecule has 0 aliphatic rings. The Kier molecular flexibility index (Phi) is 8.37. The third-order valence-electron chi connectivity index (χ3n) is 7.97. The normalized spacial score (nSPS) is 11.5. The van der Waals surface area contributed by atoms with Gasteiger partial charge in [-0.2, -0.15) is 20.7 Å². The molecule has 2 aromatic heterocycles. The zero-order valence-electron chi connectivity index (χ0n) is 25.8. The number of aromatic nitrogens is 4. The Morgan fingerprint density at radius 2 is 0.792 bits per heavy atom. The molecule has 0 aliphatic heterocycles. The average Bonchev–Trinajstić information content (AvgIpc) is 3.79. The summed E-state index contributed by atoms with van der Waals surface area (Å²) in [4.78, 5) is 0. The fourth-order valence-electron chi connectivity index (χ4n) is 5.55. The number of allylic oxidation sites excluding steroid dienone is 2. The van der Waals surface area contributed by atoms with Crippen LogP contribution in [0.4, 0.5) is 0 Å². The van der Waals surface area contributed by atoms with E-state index >= 15 is 0 Å². The Labute approximate surface area is 279 Å². The van der Waals surface area contributed by atoms with Crippen LogP contribution in [0.25, 0.3) is 57.2 Å². The van der Waals surface area contributed by atoms with Gasteiger partial charge in [-0.3, -0.25) is 0 Å². The first kappa shape index (κ1) is 29.7. The zero-order chi connectivity index (χ0) is 32.7. The van der Waals surface area contributed by atoms with E-state index < -0.39 is 0 Å². The van der Waals surface area contributed by atoms with E-state index in [1.807, 2.05) is 180 Å². The van der Waals surface area contributed by atoms with Crippen LogP contribution in [-0.4, -0.2) is 19.6 Å². The van der Waals surface area contributed by atoms with Crippen LogP contribution in [0.15, 0.2) is 158 Å². The number of benzene rings is 5. The maximum Gasteiger partial charge on any atom is 0.1000 e. The highest BCUT2D eigenvalue weighted by atomic mass is 15.3. The standard InChI is InChI=1S/C42H28N6/c43-27-35(25-37-29-47(39-17-9-3-10-18-39)45-41(37)33-13-5-1-6-14-33)31-21-23-32(24-22-31)36(28-44)26-38-30-48(40-19-11-4-12-20-40)46-42(38)34-15-7-2-8-16-34/h1-26,29-30H/b35-25-,36-26+. The van der Waals surface area contributed by atoms with Gasteiger partial charge in [0.25, 0.3) is 0 Å². The number of hydrogen-bond donors (Lipinski definition) is 0. The lowest BCUT2D eigenvalue weighted by Gasteiger charge is -2.04. The van der Waals surface area contributed by atoms with Crippen molar-refractivity contribution in [1.82, 2.24) is 19.6 Å². The van der Waals surface area contributed by atoms with Crippen LogP contribution in [0.5, 0.6) is 0 Å². The molecule has 0 amide bonds. The molecule has 0 fully saturated rings. The van der Waals surface area contributed by atoms with Crippen molar-refractivity contribution in [3.8, 4) is 46.0 Å². The third kappa shape index (κ3) is 6.23. The van der Waals surface area contributed by atoms with E-state index in [1.54, 1.807) is 0 Å². The van der Waals surface area contributed by atoms with Crippen LogP contribution in [0.1, 0.15) is 22.3 Å². The van der Waals surface area contributed by atoms with Gasteiger partial charge < -0.3 is 0 Å². The molecule has 0 aliphatic carbocycles. The molecule has 0 bridgehead atoms. The molecule has 6 heteroatoms. The molecule has 0 radical (unpaired) electrons. The molecule has 0 saturated carbocycles. The van der Waals surface area contributed by atoms with Crippen molar-refractivity contribution < 1.29 is 0 Å². The van der Waals surface area contributed by atoms with Gasteiger partial charge >= 0.3 is 0 Å². The van der Waals surface area contributed by atoms with E-state index in [0.29, 0.717) is 11.1 Å². The van der Waals surface area contributed by atoms with Gasteiger partial charge in [0.2, 0.25) is 0 Å². The summed E-state index contributed by atoms with van der Waals surface area (Å²) in [5.41, 5.74) is 9.45. The van der Waals surface area contributed by atoms with Crippen molar-refractivity contribution in [1.29, 1.82) is 10.5 Å². The summed E-state index contributed by atoms with van der Waals surface area (Å²) in [5, 5.41) is 30.3. The lowest BCUT2D eigenvalue weighted by atomic mass is 9.98. The Bertz CT molecular complexity index is 2150. The molecule has 0 unspecified atom stereocenters. The largest absolute Gasteiger partial charge is 0.240 e. The van der Waals surface area contributed by atoms with Gasteiger partial charge in [-0.1, -0.05) is 121 Å². The minimum absolute atomic E-state index is 0.490. The van der Waals surface area contributed by atoms with E-state index in [9.17, 15) is 10.5 Å². The molecule has 5 aromatic carbocycles. The summed E-state index contributed by atoms with van der Waals surface area (Å²) in [6.45, 7) is 0. The summed E-state index contributed by atoms with van der Waals surface area (Å²) in [5.74, 6) is 0. The monoisotopic (exact) mass is 616 g/mol. The van der Waals surface area contributed by atoms with Gasteiger partial charge in [-0.15, -0.1) is 0 Å². The summed E-state index contributed by atoms with van der Waals surface area (Å²) < 4.78 is 3.67. The van der Waals surface area contributed by atoms with Gasteiger partial charge in [0, 0.05) is 34.6 Å². The second-order valence-corrected chi connectivity index (χ2v) is 11.1. The number of hydrogen-bond acceptors (Lipinski definition) is 4. The first-order chi connectivity index (χ1) is 23.7. The summed E-state index contributed by atoms with van der Waals surface area (Å²) in [6, 6.07) is 52.0. The maximum absolute atomic E-state index is 10.3. The fourth-order valence-corrected chi connectivity index (χ4v) is 5.55. The molecule has 0 atom stereocenters. The predicted molar refractivity (Wildman–Crippen MR) is 191 cm³/mol. The van der Waals surface area contributed by atoms with Crippen molar-refractivity contribution in [2.75, 3.05) is 0 Å². The highest BCUT2D eigenvalue weighted by Gasteiger charge is 2.15. The lowest BCUT2D eigenvalue weighted by Crippen LogP contribution is -1.93. The molecule has 6 nitrogen and oxygen atoms in total. The topological polar surface area (TPSA) is 83.2 Å².